The lowest BCUT2D eigenvalue weighted by Gasteiger charge is -2.09. The Morgan fingerprint density at radius 3 is 2.80 bits per heavy atom. The molecule has 3 N–H and O–H groups in total. The van der Waals surface area contributed by atoms with Crippen LogP contribution in [0.4, 0.5) is 5.82 Å². The van der Waals surface area contributed by atoms with Crippen molar-refractivity contribution in [3.8, 4) is 5.75 Å². The summed E-state index contributed by atoms with van der Waals surface area (Å²) < 4.78 is 5.27. The Labute approximate surface area is 174 Å². The van der Waals surface area contributed by atoms with Crippen molar-refractivity contribution in [2.24, 2.45) is 0 Å². The minimum Gasteiger partial charge on any atom is -0.497 e. The van der Waals surface area contributed by atoms with Gasteiger partial charge in [0.15, 0.2) is 0 Å². The first-order valence-electron chi connectivity index (χ1n) is 9.60. The Morgan fingerprint density at radius 1 is 1.03 bits per heavy atom. The van der Waals surface area contributed by atoms with E-state index in [-0.39, 0.29) is 5.91 Å². The first-order valence-corrected chi connectivity index (χ1v) is 9.60. The van der Waals surface area contributed by atoms with Gasteiger partial charge in [-0.25, -0.2) is 4.98 Å². The number of nitrogens with one attached hydrogen (secondary N) is 1. The van der Waals surface area contributed by atoms with Gasteiger partial charge in [-0.2, -0.15) is 0 Å². The Kier molecular flexibility index (Phi) is 5.57. The molecule has 2 aromatic carbocycles. The number of nitrogens with two attached hydrogens (primary N) is 1. The van der Waals surface area contributed by atoms with E-state index in [9.17, 15) is 4.79 Å². The highest BCUT2D eigenvalue weighted by molar-refractivity contribution is 5.94. The fourth-order valence-electron chi connectivity index (χ4n) is 3.37. The van der Waals surface area contributed by atoms with Crippen molar-refractivity contribution in [1.29, 1.82) is 0 Å². The van der Waals surface area contributed by atoms with E-state index in [2.05, 4.69) is 15.3 Å². The van der Waals surface area contributed by atoms with Gasteiger partial charge in [-0.15, -0.1) is 0 Å². The number of nitrogens with zero attached hydrogens (tertiary/aromatic N) is 2. The molecule has 150 valence electrons. The molecule has 0 aliphatic carbocycles. The molecule has 4 rings (SSSR count). The van der Waals surface area contributed by atoms with E-state index in [1.807, 2.05) is 54.6 Å². The summed E-state index contributed by atoms with van der Waals surface area (Å²) in [4.78, 5) is 21.0. The maximum atomic E-state index is 12.6. The van der Waals surface area contributed by atoms with Crippen LogP contribution in [0.5, 0.6) is 5.75 Å². The Bertz CT molecular complexity index is 1210. The third-order valence-electron chi connectivity index (χ3n) is 4.91. The number of fused-ring (bicyclic) bond motifs is 1. The van der Waals surface area contributed by atoms with E-state index in [4.69, 9.17) is 10.5 Å². The molecule has 6 heteroatoms. The molecule has 0 unspecified atom stereocenters. The Morgan fingerprint density at radius 2 is 1.93 bits per heavy atom. The van der Waals surface area contributed by atoms with Crippen molar-refractivity contribution in [3.05, 3.63) is 95.4 Å². The first kappa shape index (κ1) is 19.4. The maximum Gasteiger partial charge on any atom is 0.253 e. The molecule has 1 amide bonds. The van der Waals surface area contributed by atoms with Gasteiger partial charge in [-0.05, 0) is 58.8 Å². The normalized spacial score (nSPS) is 10.7. The summed E-state index contributed by atoms with van der Waals surface area (Å²) in [6, 6.07) is 17.5. The van der Waals surface area contributed by atoms with E-state index >= 15 is 0 Å². The smallest absolute Gasteiger partial charge is 0.253 e. The van der Waals surface area contributed by atoms with E-state index < -0.39 is 0 Å². The summed E-state index contributed by atoms with van der Waals surface area (Å²) >= 11 is 0. The topological polar surface area (TPSA) is 90.1 Å². The Balaban J connectivity index is 1.44. The average molecular weight is 398 g/mol. The Hall–Kier alpha value is -3.93. The highest BCUT2D eigenvalue weighted by atomic mass is 16.5. The third-order valence-corrected chi connectivity index (χ3v) is 4.91. The SMILES string of the molecule is COc1cccc(Cc2cncc(C(=O)NCc3ccc4c(N)nccc4c3)c2)c1. The highest BCUT2D eigenvalue weighted by Crippen LogP contribution is 2.20. The molecule has 0 spiro atoms. The van der Waals surface area contributed by atoms with Gasteiger partial charge in [0.2, 0.25) is 0 Å². The minimum atomic E-state index is -0.163. The lowest BCUT2D eigenvalue weighted by molar-refractivity contribution is 0.0950. The summed E-state index contributed by atoms with van der Waals surface area (Å²) in [5.74, 6) is 1.15. The number of nitrogen functional groups attached to an aromatic ring is 1. The molecular formula is C24H22N4O2. The molecule has 30 heavy (non-hydrogen) atoms. The molecule has 0 fully saturated rings. The van der Waals surface area contributed by atoms with Crippen molar-refractivity contribution >= 4 is 22.5 Å². The van der Waals surface area contributed by atoms with Gasteiger partial charge in [-0.1, -0.05) is 24.3 Å². The second-order valence-electron chi connectivity index (χ2n) is 7.04. The second-order valence-corrected chi connectivity index (χ2v) is 7.04. The van der Waals surface area contributed by atoms with Crippen molar-refractivity contribution in [1.82, 2.24) is 15.3 Å². The molecule has 0 saturated heterocycles. The molecule has 2 aromatic heterocycles. The number of hydrogen-bond acceptors (Lipinski definition) is 5. The minimum absolute atomic E-state index is 0.163. The zero-order valence-corrected chi connectivity index (χ0v) is 16.6. The number of methoxy groups -OCH3 is 1. The van der Waals surface area contributed by atoms with Crippen molar-refractivity contribution in [2.75, 3.05) is 12.8 Å². The van der Waals surface area contributed by atoms with Crippen LogP contribution in [0, 0.1) is 0 Å². The quantitative estimate of drug-likeness (QED) is 0.516. The summed E-state index contributed by atoms with van der Waals surface area (Å²) in [5.41, 5.74) is 9.47. The van der Waals surface area contributed by atoms with Crippen molar-refractivity contribution in [3.63, 3.8) is 0 Å². The number of amides is 1. The highest BCUT2D eigenvalue weighted by Gasteiger charge is 2.09. The van der Waals surface area contributed by atoms with Crippen LogP contribution < -0.4 is 15.8 Å². The molecule has 0 atom stereocenters. The van der Waals surface area contributed by atoms with Crippen molar-refractivity contribution < 1.29 is 9.53 Å². The van der Waals surface area contributed by atoms with Crippen LogP contribution in [0.1, 0.15) is 27.0 Å². The molecule has 4 aromatic rings. The van der Waals surface area contributed by atoms with Crippen LogP contribution in [0.15, 0.2) is 73.2 Å². The summed E-state index contributed by atoms with van der Waals surface area (Å²) in [7, 11) is 1.65. The lowest BCUT2D eigenvalue weighted by atomic mass is 10.0. The summed E-state index contributed by atoms with van der Waals surface area (Å²) in [6.45, 7) is 0.414. The largest absolute Gasteiger partial charge is 0.497 e. The van der Waals surface area contributed by atoms with Gasteiger partial charge in [0.1, 0.15) is 11.6 Å². The number of hydrogen-bond donors (Lipinski definition) is 2. The number of carbonyl (C=O) groups is 1. The van der Waals surface area contributed by atoms with Crippen LogP contribution in [0.25, 0.3) is 10.8 Å². The van der Waals surface area contributed by atoms with Gasteiger partial charge >= 0.3 is 0 Å². The zero-order valence-electron chi connectivity index (χ0n) is 16.6. The van der Waals surface area contributed by atoms with Crippen LogP contribution >= 0.6 is 0 Å². The number of benzene rings is 2. The predicted octanol–water partition coefficient (Wildman–Crippen LogP) is 3.74. The number of ether oxygens (including phenoxy) is 1. The fraction of sp³-hybridized carbons (Fsp3) is 0.125. The van der Waals surface area contributed by atoms with Crippen LogP contribution in [0.2, 0.25) is 0 Å². The molecule has 0 aliphatic rings. The van der Waals surface area contributed by atoms with E-state index in [1.165, 1.54) is 0 Å². The second kappa shape index (κ2) is 8.61. The molecule has 0 aliphatic heterocycles. The van der Waals surface area contributed by atoms with Crippen LogP contribution in [0.3, 0.4) is 0 Å². The zero-order chi connectivity index (χ0) is 20.9. The number of anilines is 1. The summed E-state index contributed by atoms with van der Waals surface area (Å²) in [5, 5.41) is 4.86. The molecule has 0 radical (unpaired) electrons. The van der Waals surface area contributed by atoms with Crippen LogP contribution in [-0.2, 0) is 13.0 Å². The number of aromatic nitrogens is 2. The van der Waals surface area contributed by atoms with Gasteiger partial charge in [0.25, 0.3) is 5.91 Å². The van der Waals surface area contributed by atoms with E-state index in [1.54, 1.807) is 25.7 Å². The van der Waals surface area contributed by atoms with E-state index in [0.29, 0.717) is 24.3 Å². The van der Waals surface area contributed by atoms with Gasteiger partial charge in [-0.3, -0.25) is 9.78 Å². The monoisotopic (exact) mass is 398 g/mol. The van der Waals surface area contributed by atoms with E-state index in [0.717, 1.165) is 33.2 Å². The average Bonchev–Trinajstić information content (AvgIpc) is 2.78. The fourth-order valence-corrected chi connectivity index (χ4v) is 3.37. The standard InChI is InChI=1S/C24H22N4O2/c1-30-21-4-2-3-16(12-21)9-18-11-20(15-26-13-18)24(29)28-14-17-5-6-22-19(10-17)7-8-27-23(22)25/h2-8,10-13,15H,9,14H2,1H3,(H2,25,27)(H,28,29). The predicted molar refractivity (Wildman–Crippen MR) is 117 cm³/mol. The third kappa shape index (κ3) is 4.38. The molecule has 2 heterocycles. The number of carbonyl (C=O) groups excluding carboxylic acids is 1. The van der Waals surface area contributed by atoms with Gasteiger partial charge in [0.05, 0.1) is 12.7 Å². The first-order chi connectivity index (χ1) is 14.6. The lowest BCUT2D eigenvalue weighted by Crippen LogP contribution is -2.23. The molecule has 0 saturated carbocycles. The molecule has 6 nitrogen and oxygen atoms in total. The molecule has 0 bridgehead atoms. The van der Waals surface area contributed by atoms with Crippen LogP contribution in [-0.4, -0.2) is 23.0 Å². The molecular weight excluding hydrogens is 376 g/mol. The van der Waals surface area contributed by atoms with Gasteiger partial charge < -0.3 is 15.8 Å². The maximum absolute atomic E-state index is 12.6. The number of rotatable bonds is 6. The summed E-state index contributed by atoms with van der Waals surface area (Å²) in [6.07, 6.45) is 5.71. The van der Waals surface area contributed by atoms with Gasteiger partial charge in [0, 0.05) is 30.5 Å². The van der Waals surface area contributed by atoms with Crippen molar-refractivity contribution in [2.45, 2.75) is 13.0 Å². The number of pyridine rings is 2.